The normalized spacial score (nSPS) is 10.1. The molecule has 0 radical (unpaired) electrons. The van der Waals surface area contributed by atoms with Crippen LogP contribution < -0.4 is 0 Å². The minimum atomic E-state index is 0.995. The fraction of sp³-hybridized carbons (Fsp3) is 0.350. The number of hydrogen-bond donors (Lipinski definition) is 0. The van der Waals surface area contributed by atoms with Crippen molar-refractivity contribution in [2.45, 2.75) is 48.0 Å². The molecule has 1 aromatic carbocycles. The Balaban J connectivity index is 0.000000921. The van der Waals surface area contributed by atoms with E-state index in [0.29, 0.717) is 0 Å². The zero-order valence-corrected chi connectivity index (χ0v) is 14.4. The number of pyridine rings is 1. The van der Waals surface area contributed by atoms with Gasteiger partial charge in [-0.05, 0) is 36.6 Å². The zero-order chi connectivity index (χ0) is 16.3. The number of nitrogens with zero attached hydrogens (tertiary/aromatic N) is 1. The second-order valence-electron chi connectivity index (χ2n) is 4.11. The molecule has 2 aromatic rings. The Morgan fingerprint density at radius 2 is 1.76 bits per heavy atom. The Kier molecular flexibility index (Phi) is 9.87. The molecule has 0 unspecified atom stereocenters. The molecule has 0 aliphatic rings. The monoisotopic (exact) mass is 283 g/mol. The maximum Gasteiger partial charge on any atom is 0.0712 e. The summed E-state index contributed by atoms with van der Waals surface area (Å²) < 4.78 is 0. The number of aromatic nitrogens is 1. The highest BCUT2D eigenvalue weighted by Crippen LogP contribution is 2.21. The molecule has 0 saturated heterocycles. The molecule has 0 amide bonds. The second kappa shape index (κ2) is 10.8. The maximum absolute atomic E-state index is 4.69. The Bertz CT molecular complexity index is 579. The number of fused-ring (bicyclic) bond motifs is 1. The predicted molar refractivity (Wildman–Crippen MR) is 97.6 cm³/mol. The van der Waals surface area contributed by atoms with Crippen LogP contribution in [0.1, 0.15) is 52.3 Å². The molecule has 1 heteroatoms. The predicted octanol–water partition coefficient (Wildman–Crippen LogP) is 6.58. The van der Waals surface area contributed by atoms with Gasteiger partial charge in [-0.3, -0.25) is 0 Å². The molecule has 0 atom stereocenters. The van der Waals surface area contributed by atoms with Gasteiger partial charge in [0.1, 0.15) is 0 Å². The highest BCUT2D eigenvalue weighted by Gasteiger charge is 2.02. The Labute approximate surface area is 130 Å². The van der Waals surface area contributed by atoms with E-state index in [-0.39, 0.29) is 0 Å². The van der Waals surface area contributed by atoms with Crippen LogP contribution in [0.2, 0.25) is 0 Å². The van der Waals surface area contributed by atoms with Crippen molar-refractivity contribution in [3.05, 3.63) is 60.3 Å². The fourth-order valence-corrected chi connectivity index (χ4v) is 1.98. The van der Waals surface area contributed by atoms with Crippen molar-refractivity contribution in [3.8, 4) is 0 Å². The highest BCUT2D eigenvalue weighted by atomic mass is 14.7. The van der Waals surface area contributed by atoms with E-state index in [0.717, 1.165) is 23.2 Å². The van der Waals surface area contributed by atoms with Crippen molar-refractivity contribution in [1.29, 1.82) is 0 Å². The van der Waals surface area contributed by atoms with Crippen LogP contribution in [-0.2, 0) is 0 Å². The molecule has 1 nitrogen and oxygen atoms in total. The summed E-state index contributed by atoms with van der Waals surface area (Å²) in [4.78, 5) is 4.69. The summed E-state index contributed by atoms with van der Waals surface area (Å²) in [6.45, 7) is 16.1. The molecule has 0 saturated carbocycles. The van der Waals surface area contributed by atoms with Crippen molar-refractivity contribution in [2.75, 3.05) is 0 Å². The van der Waals surface area contributed by atoms with E-state index in [2.05, 4.69) is 55.8 Å². The average Bonchev–Trinajstić information content (AvgIpc) is 2.56. The van der Waals surface area contributed by atoms with E-state index < -0.39 is 0 Å². The lowest BCUT2D eigenvalue weighted by Gasteiger charge is -2.05. The quantitative estimate of drug-likeness (QED) is 0.580. The lowest BCUT2D eigenvalue weighted by Crippen LogP contribution is -1.89. The molecular weight excluding hydrogens is 254 g/mol. The van der Waals surface area contributed by atoms with Gasteiger partial charge in [-0.25, -0.2) is 4.98 Å². The van der Waals surface area contributed by atoms with Crippen LogP contribution in [0.3, 0.4) is 0 Å². The Hall–Kier alpha value is -1.89. The van der Waals surface area contributed by atoms with E-state index in [1.54, 1.807) is 0 Å². The summed E-state index contributed by atoms with van der Waals surface area (Å²) in [7, 11) is 0. The summed E-state index contributed by atoms with van der Waals surface area (Å²) in [5.74, 6) is 0. The summed E-state index contributed by atoms with van der Waals surface area (Å²) in [6, 6.07) is 10.4. The molecule has 0 N–H and O–H groups in total. The number of rotatable bonds is 3. The van der Waals surface area contributed by atoms with Crippen molar-refractivity contribution < 1.29 is 0 Å². The molecule has 0 aliphatic carbocycles. The van der Waals surface area contributed by atoms with Crippen LogP contribution in [0.5, 0.6) is 0 Å². The molecule has 1 aromatic heterocycles. The van der Waals surface area contributed by atoms with Crippen LogP contribution in [0, 0.1) is 6.92 Å². The molecule has 0 bridgehead atoms. The molecule has 0 spiro atoms. The number of benzene rings is 1. The van der Waals surface area contributed by atoms with Crippen LogP contribution >= 0.6 is 0 Å². The van der Waals surface area contributed by atoms with Crippen LogP contribution in [0.25, 0.3) is 16.5 Å². The van der Waals surface area contributed by atoms with E-state index in [9.17, 15) is 0 Å². The average molecular weight is 283 g/mol. The topological polar surface area (TPSA) is 12.9 Å². The van der Waals surface area contributed by atoms with Gasteiger partial charge in [0, 0.05) is 5.39 Å². The first kappa shape index (κ1) is 19.1. The molecule has 1 heterocycles. The largest absolute Gasteiger partial charge is 0.248 e. The number of allylic oxidation sites excluding steroid dienone is 3. The summed E-state index contributed by atoms with van der Waals surface area (Å²) in [5.41, 5.74) is 4.42. The minimum absolute atomic E-state index is 0.995. The van der Waals surface area contributed by atoms with Gasteiger partial charge in [0.15, 0.2) is 0 Å². The van der Waals surface area contributed by atoms with Gasteiger partial charge in [0.25, 0.3) is 0 Å². The minimum Gasteiger partial charge on any atom is -0.248 e. The third kappa shape index (κ3) is 5.18. The van der Waals surface area contributed by atoms with Gasteiger partial charge in [-0.15, -0.1) is 0 Å². The molecule has 0 aliphatic heterocycles. The molecule has 2 rings (SSSR count). The number of aryl methyl sites for hydroxylation is 1. The van der Waals surface area contributed by atoms with Crippen LogP contribution in [-0.4, -0.2) is 4.98 Å². The first-order valence-corrected chi connectivity index (χ1v) is 7.95. The van der Waals surface area contributed by atoms with Gasteiger partial charge in [-0.2, -0.15) is 0 Å². The van der Waals surface area contributed by atoms with Crippen molar-refractivity contribution >= 4 is 16.5 Å². The lowest BCUT2D eigenvalue weighted by molar-refractivity contribution is 1.22. The number of hydrogen-bond acceptors (Lipinski definition) is 1. The summed E-state index contributed by atoms with van der Waals surface area (Å²) >= 11 is 0. The SMILES string of the molecule is C=C/C(=C\CC)c1ccc2c(C)cccc2n1.CC.CC. The molecule has 0 fully saturated rings. The van der Waals surface area contributed by atoms with Gasteiger partial charge in [0.05, 0.1) is 11.2 Å². The van der Waals surface area contributed by atoms with Gasteiger partial charge >= 0.3 is 0 Å². The first-order chi connectivity index (χ1) is 10.3. The Morgan fingerprint density at radius 3 is 2.33 bits per heavy atom. The van der Waals surface area contributed by atoms with Crippen molar-refractivity contribution in [2.24, 2.45) is 0 Å². The van der Waals surface area contributed by atoms with Gasteiger partial charge < -0.3 is 0 Å². The van der Waals surface area contributed by atoms with Gasteiger partial charge in [-0.1, -0.05) is 71.5 Å². The highest BCUT2D eigenvalue weighted by molar-refractivity contribution is 5.84. The standard InChI is InChI=1S/C16H17N.2C2H6/c1-4-7-13(5-2)15-11-10-14-12(3)8-6-9-16(14)17-15;2*1-2/h5-11H,2,4H2,1,3H3;2*1-2H3/b13-7+;;. The van der Waals surface area contributed by atoms with Crippen LogP contribution in [0.4, 0.5) is 0 Å². The van der Waals surface area contributed by atoms with Crippen molar-refractivity contribution in [3.63, 3.8) is 0 Å². The van der Waals surface area contributed by atoms with Gasteiger partial charge in [0.2, 0.25) is 0 Å². The molecule has 21 heavy (non-hydrogen) atoms. The molecule has 114 valence electrons. The fourth-order valence-electron chi connectivity index (χ4n) is 1.98. The summed E-state index contributed by atoms with van der Waals surface area (Å²) in [6.07, 6.45) is 5.01. The second-order valence-corrected chi connectivity index (χ2v) is 4.11. The zero-order valence-electron chi connectivity index (χ0n) is 14.4. The van der Waals surface area contributed by atoms with E-state index in [4.69, 9.17) is 0 Å². The lowest BCUT2D eigenvalue weighted by atomic mass is 10.1. The third-order valence-corrected chi connectivity index (χ3v) is 2.89. The van der Waals surface area contributed by atoms with E-state index >= 15 is 0 Å². The smallest absolute Gasteiger partial charge is 0.0712 e. The Morgan fingerprint density at radius 1 is 1.10 bits per heavy atom. The van der Waals surface area contributed by atoms with E-state index in [1.807, 2.05) is 39.8 Å². The third-order valence-electron chi connectivity index (χ3n) is 2.89. The first-order valence-electron chi connectivity index (χ1n) is 7.95. The van der Waals surface area contributed by atoms with E-state index in [1.165, 1.54) is 10.9 Å². The maximum atomic E-state index is 4.69. The molecular formula is C20H29N. The van der Waals surface area contributed by atoms with Crippen molar-refractivity contribution in [1.82, 2.24) is 4.98 Å². The van der Waals surface area contributed by atoms with Crippen LogP contribution in [0.15, 0.2) is 49.1 Å². The summed E-state index contributed by atoms with van der Waals surface area (Å²) in [5, 5.41) is 1.22.